The van der Waals surface area contributed by atoms with Crippen LogP contribution in [-0.4, -0.2) is 26.1 Å². The van der Waals surface area contributed by atoms with Crippen molar-refractivity contribution in [1.29, 1.82) is 0 Å². The Morgan fingerprint density at radius 3 is 2.59 bits per heavy atom. The Bertz CT molecular complexity index is 520. The van der Waals surface area contributed by atoms with Gasteiger partial charge in [-0.1, -0.05) is 30.3 Å². The molecular formula is C14H14O3. The van der Waals surface area contributed by atoms with E-state index in [9.17, 15) is 4.79 Å². The van der Waals surface area contributed by atoms with Crippen LogP contribution in [0.5, 0.6) is 5.75 Å². The summed E-state index contributed by atoms with van der Waals surface area (Å²) in [5.41, 5.74) is 0. The molecule has 0 radical (unpaired) electrons. The van der Waals surface area contributed by atoms with Gasteiger partial charge in [-0.05, 0) is 22.9 Å². The maximum Gasteiger partial charge on any atom is 0.195 e. The van der Waals surface area contributed by atoms with Crippen LogP contribution in [0.15, 0.2) is 42.5 Å². The molecule has 2 rings (SSSR count). The fraction of sp³-hybridized carbons (Fsp3) is 0.214. The lowest BCUT2D eigenvalue weighted by Gasteiger charge is -2.06. The average molecular weight is 230 g/mol. The van der Waals surface area contributed by atoms with E-state index in [2.05, 4.69) is 0 Å². The third-order valence-electron chi connectivity index (χ3n) is 2.43. The second kappa shape index (κ2) is 5.46. The molecular weight excluding hydrogens is 216 g/mol. The normalized spacial score (nSPS) is 10.4. The number of benzene rings is 2. The van der Waals surface area contributed by atoms with E-state index in [0.29, 0.717) is 5.75 Å². The lowest BCUT2D eigenvalue weighted by atomic mass is 10.1. The Labute approximate surface area is 100.0 Å². The molecule has 0 unspecified atom stereocenters. The molecule has 0 heterocycles. The van der Waals surface area contributed by atoms with Crippen molar-refractivity contribution in [2.75, 3.05) is 20.3 Å². The summed E-state index contributed by atoms with van der Waals surface area (Å²) in [6.45, 7) is 0.139. The molecule has 0 N–H and O–H groups in total. The van der Waals surface area contributed by atoms with Crippen LogP contribution in [0.25, 0.3) is 10.8 Å². The molecule has 0 amide bonds. The quantitative estimate of drug-likeness (QED) is 0.791. The minimum Gasteiger partial charge on any atom is -0.486 e. The Morgan fingerprint density at radius 2 is 1.82 bits per heavy atom. The molecule has 0 bridgehead atoms. The van der Waals surface area contributed by atoms with Crippen molar-refractivity contribution in [3.63, 3.8) is 0 Å². The summed E-state index contributed by atoms with van der Waals surface area (Å²) in [7, 11) is 1.49. The maximum absolute atomic E-state index is 11.2. The number of carbonyl (C=O) groups excluding carboxylic acids is 1. The highest BCUT2D eigenvalue weighted by atomic mass is 16.5. The molecule has 0 saturated carbocycles. The average Bonchev–Trinajstić information content (AvgIpc) is 2.36. The highest BCUT2D eigenvalue weighted by Gasteiger charge is 2.02. The molecule has 2 aromatic carbocycles. The molecule has 3 heteroatoms. The van der Waals surface area contributed by atoms with Gasteiger partial charge in [-0.15, -0.1) is 0 Å². The van der Waals surface area contributed by atoms with Gasteiger partial charge in [0.15, 0.2) is 5.78 Å². The number of hydrogen-bond donors (Lipinski definition) is 0. The number of fused-ring (bicyclic) bond motifs is 1. The second-order valence-electron chi connectivity index (χ2n) is 3.77. The number of ether oxygens (including phenoxy) is 2. The van der Waals surface area contributed by atoms with Gasteiger partial charge in [0.05, 0.1) is 0 Å². The fourth-order valence-electron chi connectivity index (χ4n) is 1.62. The number of hydrogen-bond acceptors (Lipinski definition) is 3. The van der Waals surface area contributed by atoms with Crippen LogP contribution in [-0.2, 0) is 9.53 Å². The van der Waals surface area contributed by atoms with Gasteiger partial charge in [0.25, 0.3) is 0 Å². The Morgan fingerprint density at radius 1 is 1.06 bits per heavy atom. The van der Waals surface area contributed by atoms with Crippen LogP contribution in [0.3, 0.4) is 0 Å². The zero-order chi connectivity index (χ0) is 12.1. The molecule has 0 aromatic heterocycles. The van der Waals surface area contributed by atoms with Crippen LogP contribution in [0.4, 0.5) is 0 Å². The molecule has 0 saturated heterocycles. The molecule has 2 aromatic rings. The minimum absolute atomic E-state index is 0.0478. The first-order valence-electron chi connectivity index (χ1n) is 5.42. The third-order valence-corrected chi connectivity index (χ3v) is 2.43. The number of ketones is 1. The van der Waals surface area contributed by atoms with Crippen molar-refractivity contribution in [3.05, 3.63) is 42.5 Å². The van der Waals surface area contributed by atoms with Crippen LogP contribution >= 0.6 is 0 Å². The van der Waals surface area contributed by atoms with E-state index in [1.165, 1.54) is 7.11 Å². The number of carbonyl (C=O) groups is 1. The minimum atomic E-state index is -0.0688. The summed E-state index contributed by atoms with van der Waals surface area (Å²) in [6, 6.07) is 13.8. The molecule has 0 spiro atoms. The van der Waals surface area contributed by atoms with E-state index in [4.69, 9.17) is 9.47 Å². The second-order valence-corrected chi connectivity index (χ2v) is 3.77. The highest BCUT2D eigenvalue weighted by molar-refractivity contribution is 5.84. The summed E-state index contributed by atoms with van der Waals surface area (Å²) in [5, 5.41) is 2.26. The monoisotopic (exact) mass is 230 g/mol. The predicted molar refractivity (Wildman–Crippen MR) is 66.3 cm³/mol. The lowest BCUT2D eigenvalue weighted by molar-refractivity contribution is -0.124. The fourth-order valence-corrected chi connectivity index (χ4v) is 1.62. The Balaban J connectivity index is 2.06. The molecule has 17 heavy (non-hydrogen) atoms. The smallest absolute Gasteiger partial charge is 0.195 e. The van der Waals surface area contributed by atoms with Crippen molar-refractivity contribution < 1.29 is 14.3 Å². The number of rotatable bonds is 5. The molecule has 0 fully saturated rings. The van der Waals surface area contributed by atoms with Crippen molar-refractivity contribution in [2.45, 2.75) is 0 Å². The largest absolute Gasteiger partial charge is 0.486 e. The van der Waals surface area contributed by atoms with E-state index >= 15 is 0 Å². The molecule has 0 aliphatic rings. The Hall–Kier alpha value is -1.87. The van der Waals surface area contributed by atoms with Gasteiger partial charge in [0.2, 0.25) is 0 Å². The lowest BCUT2D eigenvalue weighted by Crippen LogP contribution is -2.16. The SMILES string of the molecule is COCC(=O)COc1ccc2ccccc2c1. The van der Waals surface area contributed by atoms with E-state index < -0.39 is 0 Å². The van der Waals surface area contributed by atoms with E-state index in [1.54, 1.807) is 0 Å². The van der Waals surface area contributed by atoms with E-state index in [0.717, 1.165) is 10.8 Å². The van der Waals surface area contributed by atoms with E-state index in [1.807, 2.05) is 42.5 Å². The topological polar surface area (TPSA) is 35.5 Å². The highest BCUT2D eigenvalue weighted by Crippen LogP contribution is 2.20. The van der Waals surface area contributed by atoms with Gasteiger partial charge >= 0.3 is 0 Å². The first kappa shape index (κ1) is 11.6. The number of Topliss-reactive ketones (excluding diaryl/α,β-unsaturated/α-hetero) is 1. The molecule has 0 aliphatic heterocycles. The molecule has 88 valence electrons. The van der Waals surface area contributed by atoms with Gasteiger partial charge in [-0.2, -0.15) is 0 Å². The van der Waals surface area contributed by atoms with Crippen LogP contribution in [0, 0.1) is 0 Å². The van der Waals surface area contributed by atoms with Crippen LogP contribution in [0.2, 0.25) is 0 Å². The molecule has 0 aliphatic carbocycles. The summed E-state index contributed by atoms with van der Waals surface area (Å²) >= 11 is 0. The van der Waals surface area contributed by atoms with Crippen molar-refractivity contribution >= 4 is 16.6 Å². The predicted octanol–water partition coefficient (Wildman–Crippen LogP) is 2.43. The Kier molecular flexibility index (Phi) is 3.73. The standard InChI is InChI=1S/C14H14O3/c1-16-9-13(15)10-17-14-7-6-11-4-2-3-5-12(11)8-14/h2-8H,9-10H2,1H3. The van der Waals surface area contributed by atoms with E-state index in [-0.39, 0.29) is 19.0 Å². The van der Waals surface area contributed by atoms with Crippen molar-refractivity contribution in [1.82, 2.24) is 0 Å². The van der Waals surface area contributed by atoms with Crippen LogP contribution < -0.4 is 4.74 Å². The summed E-state index contributed by atoms with van der Waals surface area (Å²) < 4.78 is 10.1. The van der Waals surface area contributed by atoms with Gasteiger partial charge in [-0.25, -0.2) is 0 Å². The first-order valence-corrected chi connectivity index (χ1v) is 5.42. The first-order chi connectivity index (χ1) is 8.29. The molecule has 3 nitrogen and oxygen atoms in total. The maximum atomic E-state index is 11.2. The van der Waals surface area contributed by atoms with Crippen molar-refractivity contribution in [3.8, 4) is 5.75 Å². The number of methoxy groups -OCH3 is 1. The van der Waals surface area contributed by atoms with Gasteiger partial charge in [0.1, 0.15) is 19.0 Å². The van der Waals surface area contributed by atoms with Crippen LogP contribution in [0.1, 0.15) is 0 Å². The summed E-state index contributed by atoms with van der Waals surface area (Å²) in [4.78, 5) is 11.2. The zero-order valence-electron chi connectivity index (χ0n) is 9.68. The summed E-state index contributed by atoms with van der Waals surface area (Å²) in [6.07, 6.45) is 0. The molecule has 0 atom stereocenters. The zero-order valence-corrected chi connectivity index (χ0v) is 9.68. The van der Waals surface area contributed by atoms with Gasteiger partial charge in [0, 0.05) is 7.11 Å². The van der Waals surface area contributed by atoms with Crippen molar-refractivity contribution in [2.24, 2.45) is 0 Å². The third kappa shape index (κ3) is 3.04. The van der Waals surface area contributed by atoms with Gasteiger partial charge in [-0.3, -0.25) is 4.79 Å². The summed E-state index contributed by atoms with van der Waals surface area (Å²) in [5.74, 6) is 0.633. The van der Waals surface area contributed by atoms with Gasteiger partial charge < -0.3 is 9.47 Å².